The second-order valence-corrected chi connectivity index (χ2v) is 6.08. The fourth-order valence-corrected chi connectivity index (χ4v) is 3.11. The van der Waals surface area contributed by atoms with Crippen molar-refractivity contribution in [2.75, 3.05) is 13.2 Å². The molecule has 0 aliphatic carbocycles. The molecule has 4 nitrogen and oxygen atoms in total. The van der Waals surface area contributed by atoms with Crippen LogP contribution in [0.1, 0.15) is 27.7 Å². The molecule has 0 aromatic carbocycles. The fraction of sp³-hybridized carbons (Fsp3) is 0.923. The molecule has 96 valence electrons. The SMILES string of the molecule is CC(C)[C@H]1COC2C3OC[C@H](C(C)C)[N+]3=CN21. The van der Waals surface area contributed by atoms with Crippen molar-refractivity contribution in [2.45, 2.75) is 52.2 Å². The Kier molecular flexibility index (Phi) is 2.67. The molecule has 17 heavy (non-hydrogen) atoms. The van der Waals surface area contributed by atoms with Gasteiger partial charge in [-0.2, -0.15) is 0 Å². The lowest BCUT2D eigenvalue weighted by Crippen LogP contribution is -2.39. The summed E-state index contributed by atoms with van der Waals surface area (Å²) >= 11 is 0. The maximum atomic E-state index is 5.92. The molecule has 0 N–H and O–H groups in total. The largest absolute Gasteiger partial charge is 0.330 e. The molecule has 4 heteroatoms. The zero-order valence-corrected chi connectivity index (χ0v) is 11.2. The van der Waals surface area contributed by atoms with Crippen molar-refractivity contribution >= 4 is 6.34 Å². The molecule has 3 heterocycles. The third-order valence-electron chi connectivity index (χ3n) is 4.28. The molecule has 2 unspecified atom stereocenters. The Morgan fingerprint density at radius 3 is 2.53 bits per heavy atom. The van der Waals surface area contributed by atoms with Crippen LogP contribution in [0.3, 0.4) is 0 Å². The zero-order valence-electron chi connectivity index (χ0n) is 11.2. The van der Waals surface area contributed by atoms with E-state index in [2.05, 4.69) is 43.5 Å². The van der Waals surface area contributed by atoms with E-state index in [0.29, 0.717) is 23.9 Å². The highest BCUT2D eigenvalue weighted by Crippen LogP contribution is 2.33. The minimum Gasteiger partial charge on any atom is -0.330 e. The van der Waals surface area contributed by atoms with Crippen molar-refractivity contribution in [3.63, 3.8) is 0 Å². The number of hydrogen-bond donors (Lipinski definition) is 0. The lowest BCUT2D eigenvalue weighted by atomic mass is 10.1. The molecule has 3 aliphatic heterocycles. The highest BCUT2D eigenvalue weighted by Gasteiger charge is 2.57. The van der Waals surface area contributed by atoms with E-state index in [0.717, 1.165) is 13.2 Å². The Balaban J connectivity index is 1.84. The van der Waals surface area contributed by atoms with Crippen LogP contribution in [0.5, 0.6) is 0 Å². The van der Waals surface area contributed by atoms with Crippen LogP contribution in [0.2, 0.25) is 0 Å². The highest BCUT2D eigenvalue weighted by atomic mass is 16.6. The topological polar surface area (TPSA) is 24.7 Å². The molecular weight excluding hydrogens is 216 g/mol. The number of fused-ring (bicyclic) bond motifs is 3. The van der Waals surface area contributed by atoms with Crippen LogP contribution < -0.4 is 0 Å². The normalized spacial score (nSPS) is 40.1. The summed E-state index contributed by atoms with van der Waals surface area (Å²) in [5.74, 6) is 1.24. The Morgan fingerprint density at radius 1 is 1.12 bits per heavy atom. The smallest absolute Gasteiger partial charge is 0.265 e. The first kappa shape index (κ1) is 11.5. The minimum absolute atomic E-state index is 0.117. The average molecular weight is 239 g/mol. The summed E-state index contributed by atoms with van der Waals surface area (Å²) in [6.07, 6.45) is 2.49. The number of ether oxygens (including phenoxy) is 2. The van der Waals surface area contributed by atoms with Gasteiger partial charge in [0.1, 0.15) is 12.1 Å². The minimum atomic E-state index is 0.117. The summed E-state index contributed by atoms with van der Waals surface area (Å²) in [6.45, 7) is 10.7. The summed E-state index contributed by atoms with van der Waals surface area (Å²) in [7, 11) is 0. The Bertz CT molecular complexity index is 340. The zero-order chi connectivity index (χ0) is 12.2. The van der Waals surface area contributed by atoms with Gasteiger partial charge in [-0.1, -0.05) is 27.7 Å². The van der Waals surface area contributed by atoms with Gasteiger partial charge in [0.2, 0.25) is 6.34 Å². The van der Waals surface area contributed by atoms with Crippen LogP contribution in [0.25, 0.3) is 0 Å². The van der Waals surface area contributed by atoms with Crippen LogP contribution in [0.15, 0.2) is 0 Å². The first-order chi connectivity index (χ1) is 8.09. The monoisotopic (exact) mass is 239 g/mol. The van der Waals surface area contributed by atoms with E-state index >= 15 is 0 Å². The van der Waals surface area contributed by atoms with Crippen molar-refractivity contribution in [2.24, 2.45) is 11.8 Å². The van der Waals surface area contributed by atoms with E-state index in [1.165, 1.54) is 0 Å². The van der Waals surface area contributed by atoms with Crippen LogP contribution >= 0.6 is 0 Å². The number of hydrogen-bond acceptors (Lipinski definition) is 3. The molecule has 2 fully saturated rings. The Labute approximate surface area is 103 Å². The van der Waals surface area contributed by atoms with E-state index in [4.69, 9.17) is 9.47 Å². The summed E-state index contributed by atoms with van der Waals surface area (Å²) in [5, 5.41) is 0. The van der Waals surface area contributed by atoms with E-state index in [1.807, 2.05) is 0 Å². The predicted octanol–water partition coefficient (Wildman–Crippen LogP) is 1.10. The van der Waals surface area contributed by atoms with Gasteiger partial charge < -0.3 is 9.47 Å². The van der Waals surface area contributed by atoms with Gasteiger partial charge in [0.25, 0.3) is 12.5 Å². The molecule has 0 bridgehead atoms. The van der Waals surface area contributed by atoms with Crippen molar-refractivity contribution in [1.82, 2.24) is 4.90 Å². The molecule has 4 atom stereocenters. The Hall–Kier alpha value is -0.610. The predicted molar refractivity (Wildman–Crippen MR) is 64.9 cm³/mol. The molecular formula is C13H23N2O2+. The van der Waals surface area contributed by atoms with Gasteiger partial charge in [-0.15, -0.1) is 0 Å². The van der Waals surface area contributed by atoms with Gasteiger partial charge in [0.05, 0.1) is 13.2 Å². The van der Waals surface area contributed by atoms with E-state index in [1.54, 1.807) is 0 Å². The molecule has 0 amide bonds. The molecule has 3 rings (SSSR count). The summed E-state index contributed by atoms with van der Waals surface area (Å²) < 4.78 is 14.2. The van der Waals surface area contributed by atoms with Crippen LogP contribution in [-0.4, -0.2) is 53.6 Å². The highest BCUT2D eigenvalue weighted by molar-refractivity contribution is 5.53. The van der Waals surface area contributed by atoms with Crippen molar-refractivity contribution in [1.29, 1.82) is 0 Å². The van der Waals surface area contributed by atoms with Gasteiger partial charge in [-0.3, -0.25) is 0 Å². The summed E-state index contributed by atoms with van der Waals surface area (Å²) in [6, 6.07) is 1.00. The van der Waals surface area contributed by atoms with E-state index < -0.39 is 0 Å². The van der Waals surface area contributed by atoms with Crippen LogP contribution in [-0.2, 0) is 9.47 Å². The number of nitrogens with zero attached hydrogens (tertiary/aromatic N) is 2. The van der Waals surface area contributed by atoms with Crippen LogP contribution in [0.4, 0.5) is 0 Å². The lowest BCUT2D eigenvalue weighted by Gasteiger charge is -2.18. The first-order valence-electron chi connectivity index (χ1n) is 6.72. The van der Waals surface area contributed by atoms with Crippen molar-refractivity contribution in [3.05, 3.63) is 0 Å². The molecule has 2 saturated heterocycles. The van der Waals surface area contributed by atoms with Crippen molar-refractivity contribution in [3.8, 4) is 0 Å². The standard InChI is InChI=1S/C13H23N2O2/c1-8(2)10-5-16-12-13-15(7-14(10)12)11(6-17-13)9(3)4/h7-13H,5-6H2,1-4H3/q+1/t10-,11-,12?,13?/m1/s1. The maximum Gasteiger partial charge on any atom is 0.265 e. The Morgan fingerprint density at radius 2 is 1.88 bits per heavy atom. The quantitative estimate of drug-likeness (QED) is 0.675. The first-order valence-corrected chi connectivity index (χ1v) is 6.72. The molecule has 3 aliphatic rings. The molecule has 0 aromatic rings. The average Bonchev–Trinajstić information content (AvgIpc) is 2.84. The third-order valence-corrected chi connectivity index (χ3v) is 4.28. The van der Waals surface area contributed by atoms with Gasteiger partial charge >= 0.3 is 0 Å². The van der Waals surface area contributed by atoms with Gasteiger partial charge in [-0.05, 0) is 11.8 Å². The summed E-state index contributed by atoms with van der Waals surface area (Å²) in [4.78, 5) is 2.36. The summed E-state index contributed by atoms with van der Waals surface area (Å²) in [5.41, 5.74) is 0. The molecule has 0 spiro atoms. The second kappa shape index (κ2) is 3.95. The van der Waals surface area contributed by atoms with Crippen molar-refractivity contribution < 1.29 is 14.0 Å². The molecule has 0 aromatic heterocycles. The lowest BCUT2D eigenvalue weighted by molar-refractivity contribution is -0.600. The number of rotatable bonds is 2. The van der Waals surface area contributed by atoms with Gasteiger partial charge in [-0.25, -0.2) is 9.48 Å². The van der Waals surface area contributed by atoms with Gasteiger partial charge in [0.15, 0.2) is 0 Å². The van der Waals surface area contributed by atoms with Gasteiger partial charge in [0, 0.05) is 0 Å². The van der Waals surface area contributed by atoms with Crippen LogP contribution in [0, 0.1) is 11.8 Å². The van der Waals surface area contributed by atoms with E-state index in [-0.39, 0.29) is 12.5 Å². The third kappa shape index (κ3) is 1.61. The second-order valence-electron chi connectivity index (χ2n) is 6.08. The molecule has 0 saturated carbocycles. The maximum absolute atomic E-state index is 5.92. The fourth-order valence-electron chi connectivity index (χ4n) is 3.11. The molecule has 0 radical (unpaired) electrons. The van der Waals surface area contributed by atoms with E-state index in [9.17, 15) is 0 Å².